The van der Waals surface area contributed by atoms with Crippen LogP contribution < -0.4 is 10.3 Å². The highest BCUT2D eigenvalue weighted by atomic mass is 16.6. The molecule has 0 radical (unpaired) electrons. The van der Waals surface area contributed by atoms with Crippen LogP contribution in [0, 0.1) is 10.1 Å². The predicted octanol–water partition coefficient (Wildman–Crippen LogP) is 3.29. The third-order valence-corrected chi connectivity index (χ3v) is 3.77. The molecule has 0 bridgehead atoms. The molecule has 1 N–H and O–H groups in total. The molecule has 8 heteroatoms. The molecule has 8 nitrogen and oxygen atoms in total. The van der Waals surface area contributed by atoms with Crippen LogP contribution >= 0.6 is 0 Å². The van der Waals surface area contributed by atoms with E-state index in [-0.39, 0.29) is 11.5 Å². The SMILES string of the molecule is CN(C)c1ccc(-n2cccc2/C=N\Nc2ncccc2[N+](=O)[O-])cc1. The fourth-order valence-electron chi connectivity index (χ4n) is 2.44. The molecule has 0 saturated heterocycles. The Morgan fingerprint density at radius 1 is 1.19 bits per heavy atom. The van der Waals surface area contributed by atoms with E-state index in [9.17, 15) is 10.1 Å². The maximum atomic E-state index is 11.0. The minimum atomic E-state index is -0.500. The Morgan fingerprint density at radius 2 is 1.96 bits per heavy atom. The molecule has 0 fully saturated rings. The van der Waals surface area contributed by atoms with E-state index in [4.69, 9.17) is 0 Å². The van der Waals surface area contributed by atoms with Gasteiger partial charge in [-0.05, 0) is 42.5 Å². The molecule has 1 aromatic carbocycles. The van der Waals surface area contributed by atoms with Gasteiger partial charge in [-0.1, -0.05) is 0 Å². The molecular formula is C18H18N6O2. The zero-order valence-electron chi connectivity index (χ0n) is 14.4. The van der Waals surface area contributed by atoms with Crippen molar-refractivity contribution in [2.75, 3.05) is 24.4 Å². The molecule has 0 aliphatic rings. The van der Waals surface area contributed by atoms with E-state index in [1.807, 2.05) is 66.2 Å². The summed E-state index contributed by atoms with van der Waals surface area (Å²) in [6.45, 7) is 0. The second kappa shape index (κ2) is 7.47. The number of nitrogens with zero attached hydrogens (tertiary/aromatic N) is 5. The van der Waals surface area contributed by atoms with E-state index < -0.39 is 4.92 Å². The van der Waals surface area contributed by atoms with Crippen molar-refractivity contribution in [2.24, 2.45) is 5.10 Å². The Morgan fingerprint density at radius 3 is 2.65 bits per heavy atom. The largest absolute Gasteiger partial charge is 0.378 e. The molecule has 0 atom stereocenters. The maximum absolute atomic E-state index is 11.0. The molecule has 0 spiro atoms. The second-order valence-corrected chi connectivity index (χ2v) is 5.71. The molecule has 0 saturated carbocycles. The second-order valence-electron chi connectivity index (χ2n) is 5.71. The van der Waals surface area contributed by atoms with Crippen molar-refractivity contribution < 1.29 is 4.92 Å². The molecule has 3 rings (SSSR count). The van der Waals surface area contributed by atoms with Crippen LogP contribution in [0.4, 0.5) is 17.2 Å². The van der Waals surface area contributed by atoms with Gasteiger partial charge >= 0.3 is 5.69 Å². The number of hydrazone groups is 1. The van der Waals surface area contributed by atoms with Crippen LogP contribution in [-0.2, 0) is 0 Å². The third-order valence-electron chi connectivity index (χ3n) is 3.77. The molecule has 132 valence electrons. The summed E-state index contributed by atoms with van der Waals surface area (Å²) >= 11 is 0. The standard InChI is InChI=1S/C18H18N6O2/c1-22(2)14-7-9-15(10-8-14)23-12-4-5-16(23)13-20-21-18-17(24(25)26)6-3-11-19-18/h3-13H,1-2H3,(H,19,21)/b20-13-. The van der Waals surface area contributed by atoms with Gasteiger partial charge in [0.15, 0.2) is 0 Å². The Hall–Kier alpha value is -3.68. The quantitative estimate of drug-likeness (QED) is 0.419. The van der Waals surface area contributed by atoms with Gasteiger partial charge in [-0.2, -0.15) is 5.10 Å². The van der Waals surface area contributed by atoms with Crippen LogP contribution in [0.15, 0.2) is 66.0 Å². The van der Waals surface area contributed by atoms with Crippen LogP contribution in [0.2, 0.25) is 0 Å². The van der Waals surface area contributed by atoms with Gasteiger partial charge in [-0.15, -0.1) is 0 Å². The van der Waals surface area contributed by atoms with Crippen LogP contribution in [0.25, 0.3) is 5.69 Å². The highest BCUT2D eigenvalue weighted by molar-refractivity contribution is 5.79. The van der Waals surface area contributed by atoms with Gasteiger partial charge in [-0.3, -0.25) is 15.5 Å². The van der Waals surface area contributed by atoms with Gasteiger partial charge in [0.05, 0.1) is 16.8 Å². The first-order chi connectivity index (χ1) is 12.6. The molecule has 3 aromatic rings. The lowest BCUT2D eigenvalue weighted by atomic mass is 10.2. The van der Waals surface area contributed by atoms with E-state index in [0.717, 1.165) is 17.1 Å². The van der Waals surface area contributed by atoms with Crippen molar-refractivity contribution >= 4 is 23.4 Å². The summed E-state index contributed by atoms with van der Waals surface area (Å²) in [5, 5.41) is 15.1. The van der Waals surface area contributed by atoms with Gasteiger partial charge in [-0.25, -0.2) is 4.98 Å². The minimum absolute atomic E-state index is 0.0993. The summed E-state index contributed by atoms with van der Waals surface area (Å²) in [5.74, 6) is 0.0993. The summed E-state index contributed by atoms with van der Waals surface area (Å²) in [4.78, 5) is 16.5. The van der Waals surface area contributed by atoms with Crippen LogP contribution in [-0.4, -0.2) is 34.8 Å². The Balaban J connectivity index is 1.79. The zero-order valence-corrected chi connectivity index (χ0v) is 14.4. The highest BCUT2D eigenvalue weighted by Crippen LogP contribution is 2.20. The molecule has 0 amide bonds. The lowest BCUT2D eigenvalue weighted by molar-refractivity contribution is -0.384. The van der Waals surface area contributed by atoms with Crippen molar-refractivity contribution in [1.82, 2.24) is 9.55 Å². The molecule has 0 unspecified atom stereocenters. The van der Waals surface area contributed by atoms with Gasteiger partial charge in [0.2, 0.25) is 5.82 Å². The first-order valence-electron chi connectivity index (χ1n) is 7.90. The summed E-state index contributed by atoms with van der Waals surface area (Å²) in [6, 6.07) is 14.8. The van der Waals surface area contributed by atoms with E-state index in [0.29, 0.717) is 0 Å². The number of rotatable bonds is 6. The first kappa shape index (κ1) is 17.2. The highest BCUT2D eigenvalue weighted by Gasteiger charge is 2.13. The van der Waals surface area contributed by atoms with Crippen LogP contribution in [0.3, 0.4) is 0 Å². The maximum Gasteiger partial charge on any atom is 0.313 e. The minimum Gasteiger partial charge on any atom is -0.378 e. The van der Waals surface area contributed by atoms with Crippen molar-refractivity contribution in [3.63, 3.8) is 0 Å². The average Bonchev–Trinajstić information content (AvgIpc) is 3.10. The van der Waals surface area contributed by atoms with E-state index >= 15 is 0 Å². The van der Waals surface area contributed by atoms with Gasteiger partial charge < -0.3 is 9.47 Å². The third kappa shape index (κ3) is 3.69. The average molecular weight is 350 g/mol. The molecule has 0 aliphatic carbocycles. The van der Waals surface area contributed by atoms with E-state index in [1.54, 1.807) is 6.21 Å². The lowest BCUT2D eigenvalue weighted by Crippen LogP contribution is -2.08. The lowest BCUT2D eigenvalue weighted by Gasteiger charge is -2.13. The predicted molar refractivity (Wildman–Crippen MR) is 102 cm³/mol. The van der Waals surface area contributed by atoms with E-state index in [2.05, 4.69) is 15.5 Å². The normalized spacial score (nSPS) is 10.8. The first-order valence-corrected chi connectivity index (χ1v) is 7.90. The monoisotopic (exact) mass is 350 g/mol. The molecule has 2 aromatic heterocycles. The van der Waals surface area contributed by atoms with Crippen molar-refractivity contribution in [3.8, 4) is 5.69 Å². The summed E-state index contributed by atoms with van der Waals surface area (Å²) in [7, 11) is 3.98. The number of nitro groups is 1. The number of aromatic nitrogens is 2. The molecular weight excluding hydrogens is 332 g/mol. The van der Waals surface area contributed by atoms with Gasteiger partial charge in [0.1, 0.15) is 0 Å². The summed E-state index contributed by atoms with van der Waals surface area (Å²) in [5.41, 5.74) is 5.44. The number of hydrogen-bond acceptors (Lipinski definition) is 6. The zero-order chi connectivity index (χ0) is 18.5. The van der Waals surface area contributed by atoms with Gasteiger partial charge in [0, 0.05) is 43.9 Å². The number of hydrogen-bond donors (Lipinski definition) is 1. The van der Waals surface area contributed by atoms with Crippen molar-refractivity contribution in [2.45, 2.75) is 0 Å². The topological polar surface area (TPSA) is 88.6 Å². The number of pyridine rings is 1. The van der Waals surface area contributed by atoms with Crippen molar-refractivity contribution in [3.05, 3.63) is 76.7 Å². The Bertz CT molecular complexity index is 931. The Labute approximate surface area is 150 Å². The Kier molecular flexibility index (Phi) is 4.93. The fourth-order valence-corrected chi connectivity index (χ4v) is 2.44. The number of nitrogens with one attached hydrogen (secondary N) is 1. The number of benzene rings is 1. The summed E-state index contributed by atoms with van der Waals surface area (Å²) in [6.07, 6.45) is 4.99. The van der Waals surface area contributed by atoms with E-state index in [1.165, 1.54) is 18.3 Å². The molecule has 0 aliphatic heterocycles. The molecule has 26 heavy (non-hydrogen) atoms. The number of anilines is 2. The van der Waals surface area contributed by atoms with Gasteiger partial charge in [0.25, 0.3) is 0 Å². The molecule has 2 heterocycles. The van der Waals surface area contributed by atoms with Crippen LogP contribution in [0.5, 0.6) is 0 Å². The fraction of sp³-hybridized carbons (Fsp3) is 0.111. The summed E-state index contributed by atoms with van der Waals surface area (Å²) < 4.78 is 1.97. The van der Waals surface area contributed by atoms with Crippen molar-refractivity contribution in [1.29, 1.82) is 0 Å². The van der Waals surface area contributed by atoms with Crippen LogP contribution in [0.1, 0.15) is 5.69 Å². The smallest absolute Gasteiger partial charge is 0.313 e.